The largest absolute Gasteiger partial charge is 0.476 e. The van der Waals surface area contributed by atoms with Crippen LogP contribution in [-0.4, -0.2) is 41.3 Å². The second kappa shape index (κ2) is 4.84. The fraction of sp³-hybridized carbons (Fsp3) is 0. The molecule has 0 spiro atoms. The molecule has 0 aliphatic rings. The molecular formula is C12H8N6O2. The average molecular weight is 268 g/mol. The molecule has 8 nitrogen and oxygen atoms in total. The molecule has 98 valence electrons. The summed E-state index contributed by atoms with van der Waals surface area (Å²) in [5.74, 6) is -0.797. The number of benzene rings is 1. The highest BCUT2D eigenvalue weighted by Crippen LogP contribution is 2.13. The zero-order valence-corrected chi connectivity index (χ0v) is 10.1. The summed E-state index contributed by atoms with van der Waals surface area (Å²) in [6.07, 6.45) is 2.66. The molecule has 20 heavy (non-hydrogen) atoms. The van der Waals surface area contributed by atoms with E-state index >= 15 is 0 Å². The normalized spacial score (nSPS) is 10.4. The summed E-state index contributed by atoms with van der Waals surface area (Å²) in [4.78, 5) is 19.8. The van der Waals surface area contributed by atoms with E-state index in [9.17, 15) is 4.79 Å². The lowest BCUT2D eigenvalue weighted by Crippen LogP contribution is -2.12. The van der Waals surface area contributed by atoms with Crippen LogP contribution in [0.15, 0.2) is 42.7 Å². The Morgan fingerprint density at radius 1 is 1.10 bits per heavy atom. The van der Waals surface area contributed by atoms with Crippen LogP contribution in [0.4, 0.5) is 0 Å². The van der Waals surface area contributed by atoms with E-state index in [2.05, 4.69) is 25.4 Å². The van der Waals surface area contributed by atoms with Gasteiger partial charge < -0.3 is 5.11 Å². The van der Waals surface area contributed by atoms with Crippen molar-refractivity contribution in [2.75, 3.05) is 0 Å². The molecule has 0 aliphatic heterocycles. The van der Waals surface area contributed by atoms with Gasteiger partial charge in [0.25, 0.3) is 0 Å². The zero-order chi connectivity index (χ0) is 13.9. The van der Waals surface area contributed by atoms with E-state index < -0.39 is 5.97 Å². The fourth-order valence-electron chi connectivity index (χ4n) is 1.63. The van der Waals surface area contributed by atoms with E-state index in [-0.39, 0.29) is 11.5 Å². The van der Waals surface area contributed by atoms with E-state index in [1.807, 2.05) is 30.3 Å². The van der Waals surface area contributed by atoms with Gasteiger partial charge in [0, 0.05) is 18.0 Å². The van der Waals surface area contributed by atoms with Gasteiger partial charge in [-0.1, -0.05) is 30.3 Å². The summed E-state index contributed by atoms with van der Waals surface area (Å²) >= 11 is 0. The molecule has 8 heteroatoms. The van der Waals surface area contributed by atoms with E-state index in [1.54, 1.807) is 0 Å². The molecule has 0 amide bonds. The molecule has 3 aromatic rings. The van der Waals surface area contributed by atoms with Crippen LogP contribution < -0.4 is 0 Å². The molecule has 0 radical (unpaired) electrons. The van der Waals surface area contributed by atoms with Crippen molar-refractivity contribution in [1.29, 1.82) is 0 Å². The van der Waals surface area contributed by atoms with Crippen molar-refractivity contribution in [3.05, 3.63) is 48.4 Å². The van der Waals surface area contributed by atoms with Crippen molar-refractivity contribution < 1.29 is 9.90 Å². The lowest BCUT2D eigenvalue weighted by molar-refractivity contribution is 0.0689. The monoisotopic (exact) mass is 268 g/mol. The number of carbonyl (C=O) groups is 1. The van der Waals surface area contributed by atoms with Crippen LogP contribution in [0, 0.1) is 0 Å². The van der Waals surface area contributed by atoms with Gasteiger partial charge in [-0.2, -0.15) is 0 Å². The summed E-state index contributed by atoms with van der Waals surface area (Å²) in [7, 11) is 0. The van der Waals surface area contributed by atoms with Crippen molar-refractivity contribution in [2.24, 2.45) is 0 Å². The Bertz CT molecular complexity index is 755. The highest BCUT2D eigenvalue weighted by Gasteiger charge is 2.17. The molecule has 0 aliphatic carbocycles. The van der Waals surface area contributed by atoms with Crippen molar-refractivity contribution in [1.82, 2.24) is 30.2 Å². The first-order chi connectivity index (χ1) is 9.75. The van der Waals surface area contributed by atoms with Gasteiger partial charge >= 0.3 is 5.97 Å². The number of hydrogen-bond donors (Lipinski definition) is 1. The topological polar surface area (TPSA) is 107 Å². The molecule has 2 heterocycles. The van der Waals surface area contributed by atoms with Gasteiger partial charge in [0.15, 0.2) is 5.69 Å². The molecule has 0 atom stereocenters. The lowest BCUT2D eigenvalue weighted by Gasteiger charge is -2.00. The summed E-state index contributed by atoms with van der Waals surface area (Å²) in [6.45, 7) is 0. The number of aromatic nitrogens is 6. The number of tetrazole rings is 1. The first kappa shape index (κ1) is 11.9. The Kier molecular flexibility index (Phi) is 2.88. The number of nitrogens with zero attached hydrogens (tertiary/aromatic N) is 6. The van der Waals surface area contributed by atoms with Crippen molar-refractivity contribution in [3.63, 3.8) is 0 Å². The zero-order valence-electron chi connectivity index (χ0n) is 10.1. The SMILES string of the molecule is O=C(O)c1nccnc1-n1nnc(-c2ccccc2)n1. The first-order valence-electron chi connectivity index (χ1n) is 5.66. The predicted octanol–water partition coefficient (Wildman–Crippen LogP) is 0.817. The van der Waals surface area contributed by atoms with Crippen LogP contribution in [0.25, 0.3) is 17.2 Å². The van der Waals surface area contributed by atoms with Gasteiger partial charge in [-0.3, -0.25) is 0 Å². The number of aromatic carboxylic acids is 1. The van der Waals surface area contributed by atoms with Gasteiger partial charge in [0.1, 0.15) is 0 Å². The van der Waals surface area contributed by atoms with Crippen LogP contribution in [0.1, 0.15) is 10.5 Å². The maximum absolute atomic E-state index is 11.1. The molecular weight excluding hydrogens is 260 g/mol. The van der Waals surface area contributed by atoms with Gasteiger partial charge in [-0.05, 0) is 5.21 Å². The minimum atomic E-state index is -1.20. The Morgan fingerprint density at radius 2 is 1.85 bits per heavy atom. The Balaban J connectivity index is 2.05. The molecule has 3 rings (SSSR count). The minimum Gasteiger partial charge on any atom is -0.476 e. The second-order valence-electron chi connectivity index (χ2n) is 3.80. The third kappa shape index (κ3) is 2.09. The Hall–Kier alpha value is -3.16. The van der Waals surface area contributed by atoms with Gasteiger partial charge in [0.2, 0.25) is 11.6 Å². The van der Waals surface area contributed by atoms with E-state index in [1.165, 1.54) is 12.4 Å². The maximum Gasteiger partial charge on any atom is 0.358 e. The lowest BCUT2D eigenvalue weighted by atomic mass is 10.2. The van der Waals surface area contributed by atoms with E-state index in [0.717, 1.165) is 10.4 Å². The second-order valence-corrected chi connectivity index (χ2v) is 3.80. The molecule has 1 N–H and O–H groups in total. The number of carboxylic acid groups (broad SMARTS) is 1. The molecule has 2 aromatic heterocycles. The summed E-state index contributed by atoms with van der Waals surface area (Å²) < 4.78 is 0. The molecule has 0 saturated carbocycles. The summed E-state index contributed by atoms with van der Waals surface area (Å²) in [5.41, 5.74) is 0.545. The van der Waals surface area contributed by atoms with Crippen molar-refractivity contribution in [2.45, 2.75) is 0 Å². The molecule has 0 saturated heterocycles. The van der Waals surface area contributed by atoms with Crippen molar-refractivity contribution >= 4 is 5.97 Å². The Morgan fingerprint density at radius 3 is 2.60 bits per heavy atom. The van der Waals surface area contributed by atoms with Gasteiger partial charge in [-0.25, -0.2) is 14.8 Å². The van der Waals surface area contributed by atoms with Crippen LogP contribution in [0.3, 0.4) is 0 Å². The summed E-state index contributed by atoms with van der Waals surface area (Å²) in [6, 6.07) is 9.23. The third-order valence-corrected chi connectivity index (χ3v) is 2.52. The average Bonchev–Trinajstić information content (AvgIpc) is 2.98. The Labute approximate surface area is 112 Å². The van der Waals surface area contributed by atoms with Crippen LogP contribution in [0.5, 0.6) is 0 Å². The highest BCUT2D eigenvalue weighted by atomic mass is 16.4. The highest BCUT2D eigenvalue weighted by molar-refractivity contribution is 5.88. The predicted molar refractivity (Wildman–Crippen MR) is 67.1 cm³/mol. The minimum absolute atomic E-state index is 0.0229. The molecule has 0 bridgehead atoms. The fourth-order valence-corrected chi connectivity index (χ4v) is 1.63. The van der Waals surface area contributed by atoms with Gasteiger partial charge in [0.05, 0.1) is 0 Å². The van der Waals surface area contributed by atoms with Crippen molar-refractivity contribution in [3.8, 4) is 17.2 Å². The van der Waals surface area contributed by atoms with Crippen LogP contribution in [0.2, 0.25) is 0 Å². The first-order valence-corrected chi connectivity index (χ1v) is 5.66. The third-order valence-electron chi connectivity index (χ3n) is 2.52. The number of hydrogen-bond acceptors (Lipinski definition) is 6. The standard InChI is InChI=1S/C12H8N6O2/c19-12(20)9-11(14-7-6-13-9)18-16-10(15-17-18)8-4-2-1-3-5-8/h1-7H,(H,19,20). The maximum atomic E-state index is 11.1. The van der Waals surface area contributed by atoms with Crippen LogP contribution >= 0.6 is 0 Å². The number of carboxylic acids is 1. The van der Waals surface area contributed by atoms with E-state index in [0.29, 0.717) is 5.82 Å². The molecule has 0 unspecified atom stereocenters. The number of rotatable bonds is 3. The van der Waals surface area contributed by atoms with E-state index in [4.69, 9.17) is 5.11 Å². The smallest absolute Gasteiger partial charge is 0.358 e. The van der Waals surface area contributed by atoms with Gasteiger partial charge in [-0.15, -0.1) is 15.0 Å². The van der Waals surface area contributed by atoms with Crippen LogP contribution in [-0.2, 0) is 0 Å². The molecule has 1 aromatic carbocycles. The quantitative estimate of drug-likeness (QED) is 0.749. The summed E-state index contributed by atoms with van der Waals surface area (Å²) in [5, 5.41) is 20.9. The molecule has 0 fully saturated rings.